The Morgan fingerprint density at radius 2 is 1.48 bits per heavy atom. The molecule has 0 atom stereocenters. The van der Waals surface area contributed by atoms with Gasteiger partial charge in [-0.1, -0.05) is 48.6 Å². The molecule has 40 heavy (non-hydrogen) atoms. The van der Waals surface area contributed by atoms with Crippen LogP contribution in [0.3, 0.4) is 0 Å². The summed E-state index contributed by atoms with van der Waals surface area (Å²) in [5, 5.41) is 2.64. The molecule has 0 saturated heterocycles. The van der Waals surface area contributed by atoms with Gasteiger partial charge < -0.3 is 4.74 Å². The monoisotopic (exact) mass is 522 g/mol. The molecule has 2 aliphatic rings. The van der Waals surface area contributed by atoms with Crippen molar-refractivity contribution < 1.29 is 13.9 Å². The Kier molecular flexibility index (Phi) is 6.08. The highest BCUT2D eigenvalue weighted by Crippen LogP contribution is 2.44. The third-order valence-corrected chi connectivity index (χ3v) is 8.85. The average Bonchev–Trinajstić information content (AvgIpc) is 3.01. The number of nitrogens with zero attached hydrogens (tertiary/aromatic N) is 2. The first-order chi connectivity index (χ1) is 19.6. The van der Waals surface area contributed by atoms with Gasteiger partial charge in [0.05, 0.1) is 23.6 Å². The van der Waals surface area contributed by atoms with E-state index in [0.29, 0.717) is 0 Å². The van der Waals surface area contributed by atoms with Crippen LogP contribution >= 0.6 is 0 Å². The number of allylic oxidation sites excluding steroid dienone is 2. The molecule has 2 aromatic heterocycles. The van der Waals surface area contributed by atoms with Crippen LogP contribution in [0.5, 0.6) is 5.75 Å². The number of hydrogen-bond donors (Lipinski definition) is 0. The Hall–Kier alpha value is -4.50. The van der Waals surface area contributed by atoms with Gasteiger partial charge >= 0.3 is 0 Å². The van der Waals surface area contributed by atoms with Gasteiger partial charge in [0.1, 0.15) is 5.75 Å². The van der Waals surface area contributed by atoms with Gasteiger partial charge in [0.15, 0.2) is 19.3 Å². The smallest absolute Gasteiger partial charge is 0.221 e. The molecule has 196 valence electrons. The number of aryl methyl sites for hydroxylation is 1. The van der Waals surface area contributed by atoms with Crippen LogP contribution in [0.15, 0.2) is 91.1 Å². The normalized spacial score (nSPS) is 13.8. The van der Waals surface area contributed by atoms with Crippen molar-refractivity contribution in [1.29, 1.82) is 0 Å². The van der Waals surface area contributed by atoms with E-state index >= 15 is 0 Å². The fourth-order valence-electron chi connectivity index (χ4n) is 6.68. The average molecular weight is 523 g/mol. The van der Waals surface area contributed by atoms with Crippen LogP contribution in [-0.4, -0.2) is 7.11 Å². The standard InChI is InChI=1S/C37H34N2O/c1-25-26(2)32-20-23-38-22-19-28-10-5-7-13-33(28)37(38)36(32)35-31(25)21-24-39-29(12-8-14-34(35)39)11-6-4-9-27-15-17-30(40-3)18-16-27/h4-19,22H,20-21,23-24H2,1-3H3/q+2/b9-4+,11-6+. The number of hydrogen-bond acceptors (Lipinski definition) is 1. The van der Waals surface area contributed by atoms with Gasteiger partial charge in [0.25, 0.3) is 0 Å². The molecule has 7 rings (SSSR count). The lowest BCUT2D eigenvalue weighted by atomic mass is 9.79. The van der Waals surface area contributed by atoms with Gasteiger partial charge in [-0.05, 0) is 71.3 Å². The summed E-state index contributed by atoms with van der Waals surface area (Å²) in [5.74, 6) is 0.877. The van der Waals surface area contributed by atoms with E-state index in [1.165, 1.54) is 61.2 Å². The molecule has 0 fully saturated rings. The Morgan fingerprint density at radius 3 is 2.30 bits per heavy atom. The zero-order valence-corrected chi connectivity index (χ0v) is 23.4. The lowest BCUT2D eigenvalue weighted by Crippen LogP contribution is -2.45. The molecular formula is C37H34N2O+2. The van der Waals surface area contributed by atoms with Gasteiger partial charge in [-0.2, -0.15) is 9.13 Å². The minimum atomic E-state index is 0.877. The molecule has 0 spiro atoms. The number of pyridine rings is 2. The summed E-state index contributed by atoms with van der Waals surface area (Å²) >= 11 is 0. The summed E-state index contributed by atoms with van der Waals surface area (Å²) in [6.45, 7) is 6.69. The van der Waals surface area contributed by atoms with Crippen molar-refractivity contribution in [2.45, 2.75) is 39.8 Å². The molecule has 5 aromatic rings. The van der Waals surface area contributed by atoms with Crippen LogP contribution in [0.1, 0.15) is 33.5 Å². The second-order valence-electron chi connectivity index (χ2n) is 10.9. The van der Waals surface area contributed by atoms with Gasteiger partial charge in [-0.15, -0.1) is 0 Å². The summed E-state index contributed by atoms with van der Waals surface area (Å²) in [7, 11) is 1.70. The Morgan fingerprint density at radius 1 is 0.725 bits per heavy atom. The summed E-state index contributed by atoms with van der Waals surface area (Å²) < 4.78 is 10.3. The minimum absolute atomic E-state index is 0.877. The minimum Gasteiger partial charge on any atom is -0.497 e. The molecular weight excluding hydrogens is 488 g/mol. The molecule has 0 bridgehead atoms. The van der Waals surface area contributed by atoms with Crippen molar-refractivity contribution in [3.8, 4) is 28.3 Å². The molecule has 4 heterocycles. The van der Waals surface area contributed by atoms with Crippen molar-refractivity contribution >= 4 is 22.9 Å². The fraction of sp³-hybridized carbons (Fsp3) is 0.189. The van der Waals surface area contributed by atoms with E-state index in [0.717, 1.165) is 37.2 Å². The van der Waals surface area contributed by atoms with E-state index in [2.05, 4.69) is 114 Å². The van der Waals surface area contributed by atoms with E-state index < -0.39 is 0 Å². The highest BCUT2D eigenvalue weighted by Gasteiger charge is 2.37. The van der Waals surface area contributed by atoms with E-state index in [1.54, 1.807) is 7.11 Å². The lowest BCUT2D eigenvalue weighted by molar-refractivity contribution is -0.690. The number of rotatable bonds is 4. The van der Waals surface area contributed by atoms with Crippen LogP contribution in [0.4, 0.5) is 0 Å². The molecule has 0 N–H and O–H groups in total. The van der Waals surface area contributed by atoms with E-state index in [9.17, 15) is 0 Å². The molecule has 0 aliphatic carbocycles. The van der Waals surface area contributed by atoms with E-state index in [4.69, 9.17) is 4.74 Å². The number of aromatic nitrogens is 2. The summed E-state index contributed by atoms with van der Waals surface area (Å²) in [5.41, 5.74) is 13.9. The molecule has 0 unspecified atom stereocenters. The third kappa shape index (κ3) is 3.96. The Balaban J connectivity index is 1.36. The number of fused-ring (bicyclic) bond motifs is 9. The molecule has 3 nitrogen and oxygen atoms in total. The first-order valence-corrected chi connectivity index (χ1v) is 14.2. The van der Waals surface area contributed by atoms with Gasteiger partial charge in [-0.25, -0.2) is 0 Å². The second kappa shape index (κ2) is 9.91. The van der Waals surface area contributed by atoms with Crippen molar-refractivity contribution in [3.05, 3.63) is 125 Å². The molecule has 2 aliphatic heterocycles. The van der Waals surface area contributed by atoms with E-state index in [-0.39, 0.29) is 0 Å². The third-order valence-electron chi connectivity index (χ3n) is 8.85. The molecule has 3 heteroatoms. The number of benzene rings is 3. The highest BCUT2D eigenvalue weighted by molar-refractivity contribution is 5.99. The summed E-state index contributed by atoms with van der Waals surface area (Å²) in [6.07, 6.45) is 13.0. The van der Waals surface area contributed by atoms with Crippen molar-refractivity contribution in [1.82, 2.24) is 0 Å². The summed E-state index contributed by atoms with van der Waals surface area (Å²) in [4.78, 5) is 0. The van der Waals surface area contributed by atoms with E-state index in [1.807, 2.05) is 12.1 Å². The zero-order valence-electron chi connectivity index (χ0n) is 23.4. The predicted octanol–water partition coefficient (Wildman–Crippen LogP) is 7.21. The van der Waals surface area contributed by atoms with Gasteiger partial charge in [0, 0.05) is 37.1 Å². The van der Waals surface area contributed by atoms with Crippen molar-refractivity contribution in [2.75, 3.05) is 7.11 Å². The summed E-state index contributed by atoms with van der Waals surface area (Å²) in [6, 6.07) is 26.0. The first kappa shape index (κ1) is 24.5. The second-order valence-corrected chi connectivity index (χ2v) is 10.9. The largest absolute Gasteiger partial charge is 0.497 e. The SMILES string of the molecule is COc1ccc(/C=C/C=C/c2cccc3[n+]2CCc2c(C)c(C)c4c(c2-3)-c2c3ccccc3cc[n+]2CC4)cc1. The molecule has 0 saturated carbocycles. The maximum absolute atomic E-state index is 5.28. The van der Waals surface area contributed by atoms with Gasteiger partial charge in [-0.3, -0.25) is 0 Å². The van der Waals surface area contributed by atoms with Crippen molar-refractivity contribution in [3.63, 3.8) is 0 Å². The van der Waals surface area contributed by atoms with Crippen LogP contribution < -0.4 is 13.9 Å². The first-order valence-electron chi connectivity index (χ1n) is 14.2. The number of ether oxygens (including phenoxy) is 1. The predicted molar refractivity (Wildman–Crippen MR) is 163 cm³/mol. The van der Waals surface area contributed by atoms with Crippen LogP contribution in [0, 0.1) is 13.8 Å². The fourth-order valence-corrected chi connectivity index (χ4v) is 6.68. The topological polar surface area (TPSA) is 17.0 Å². The van der Waals surface area contributed by atoms with Crippen LogP contribution in [0.25, 0.3) is 45.4 Å². The number of methoxy groups -OCH3 is 1. The van der Waals surface area contributed by atoms with Gasteiger partial charge in [0.2, 0.25) is 17.1 Å². The van der Waals surface area contributed by atoms with Crippen molar-refractivity contribution in [2.24, 2.45) is 0 Å². The highest BCUT2D eigenvalue weighted by atomic mass is 16.5. The lowest BCUT2D eigenvalue weighted by Gasteiger charge is -2.27. The van der Waals surface area contributed by atoms with Crippen LogP contribution in [-0.2, 0) is 25.9 Å². The molecule has 3 aromatic carbocycles. The zero-order chi connectivity index (χ0) is 27.2. The molecule has 0 radical (unpaired) electrons. The quantitative estimate of drug-likeness (QED) is 0.180. The molecule has 0 amide bonds. The Bertz CT molecular complexity index is 1840. The van der Waals surface area contributed by atoms with Crippen LogP contribution in [0.2, 0.25) is 0 Å². The maximum Gasteiger partial charge on any atom is 0.221 e. The maximum atomic E-state index is 5.28. The Labute approximate surface area is 236 Å².